The second-order valence-corrected chi connectivity index (χ2v) is 13.4. The van der Waals surface area contributed by atoms with Crippen LogP contribution in [0.25, 0.3) is 21.7 Å². The fraction of sp³-hybridized carbons (Fsp3) is 0.342. The molecular weight excluding hydrogens is 704 g/mol. The van der Waals surface area contributed by atoms with E-state index in [0.29, 0.717) is 12.8 Å². The number of nitrogens with two attached hydrogens (primary N) is 4. The summed E-state index contributed by atoms with van der Waals surface area (Å²) in [6, 6.07) is 16.3. The highest BCUT2D eigenvalue weighted by atomic mass is 16.2. The van der Waals surface area contributed by atoms with Gasteiger partial charge in [0.15, 0.2) is 11.9 Å². The second kappa shape index (κ2) is 18.9. The smallest absolute Gasteiger partial charge is 0.243 e. The molecule has 0 radical (unpaired) electrons. The number of rotatable bonds is 12. The molecule has 17 heteroatoms. The van der Waals surface area contributed by atoms with E-state index >= 15 is 0 Å². The third kappa shape index (κ3) is 11.4. The van der Waals surface area contributed by atoms with Crippen LogP contribution in [0.5, 0.6) is 0 Å². The van der Waals surface area contributed by atoms with Crippen LogP contribution in [0, 0.1) is 0 Å². The average molecular weight is 753 g/mol. The Morgan fingerprint density at radius 2 is 1.18 bits per heavy atom. The Hall–Kier alpha value is -6.65. The maximum absolute atomic E-state index is 14.0. The molecule has 0 spiro atoms. The maximum atomic E-state index is 14.0. The van der Waals surface area contributed by atoms with Crippen molar-refractivity contribution in [2.45, 2.75) is 62.7 Å². The Morgan fingerprint density at radius 1 is 0.618 bits per heavy atom. The lowest BCUT2D eigenvalue weighted by Gasteiger charge is -2.26. The van der Waals surface area contributed by atoms with Gasteiger partial charge >= 0.3 is 0 Å². The number of aromatic amines is 1. The monoisotopic (exact) mass is 752 g/mol. The molecule has 1 fully saturated rings. The van der Waals surface area contributed by atoms with Crippen molar-refractivity contribution in [3.8, 4) is 0 Å². The molecule has 55 heavy (non-hydrogen) atoms. The molecule has 4 atom stereocenters. The number of carbonyl (C=O) groups excluding carboxylic acids is 5. The SMILES string of the molecule is NC(N)=NCCC[C@@H]1NC(=O)[C@H](CCCN=C(N)N)NC(=O)[C@@H](Cc2c[nH]c3ccccc23)NC(=O)CNC(=O)[C@H](Cc2ccc3ccccc3c2)NC1=O. The van der Waals surface area contributed by atoms with Crippen molar-refractivity contribution in [3.05, 3.63) is 84.1 Å². The van der Waals surface area contributed by atoms with Crippen molar-refractivity contribution in [3.63, 3.8) is 0 Å². The zero-order valence-electron chi connectivity index (χ0n) is 30.3. The lowest BCUT2D eigenvalue weighted by Crippen LogP contribution is -2.58. The van der Waals surface area contributed by atoms with Crippen LogP contribution in [0.2, 0.25) is 0 Å². The predicted molar refractivity (Wildman–Crippen MR) is 210 cm³/mol. The van der Waals surface area contributed by atoms with Gasteiger partial charge in [-0.2, -0.15) is 0 Å². The van der Waals surface area contributed by atoms with Gasteiger partial charge in [-0.15, -0.1) is 0 Å². The number of nitrogens with zero attached hydrogens (tertiary/aromatic N) is 2. The van der Waals surface area contributed by atoms with Gasteiger partial charge in [0.05, 0.1) is 6.54 Å². The zero-order valence-corrected chi connectivity index (χ0v) is 30.3. The van der Waals surface area contributed by atoms with E-state index in [1.54, 1.807) is 6.20 Å². The molecule has 17 nitrogen and oxygen atoms in total. The third-order valence-corrected chi connectivity index (χ3v) is 9.22. The predicted octanol–water partition coefficient (Wildman–Crippen LogP) is -0.717. The number of nitrogens with one attached hydrogen (secondary N) is 6. The van der Waals surface area contributed by atoms with E-state index in [4.69, 9.17) is 22.9 Å². The minimum absolute atomic E-state index is 0.0654. The van der Waals surface area contributed by atoms with Crippen molar-refractivity contribution >= 4 is 63.1 Å². The van der Waals surface area contributed by atoms with Gasteiger partial charge in [-0.05, 0) is 53.6 Å². The van der Waals surface area contributed by atoms with Crippen LogP contribution in [0.15, 0.2) is 82.9 Å². The summed E-state index contributed by atoms with van der Waals surface area (Å²) in [6.07, 6.45) is 2.67. The normalized spacial score (nSPS) is 19.9. The number of para-hydroxylation sites is 1. The van der Waals surface area contributed by atoms with E-state index in [2.05, 4.69) is 41.6 Å². The van der Waals surface area contributed by atoms with Crippen LogP contribution < -0.4 is 49.5 Å². The summed E-state index contributed by atoms with van der Waals surface area (Å²) in [5.41, 5.74) is 24.3. The fourth-order valence-corrected chi connectivity index (χ4v) is 6.44. The minimum atomic E-state index is -1.16. The van der Waals surface area contributed by atoms with E-state index in [0.717, 1.165) is 32.8 Å². The molecule has 0 aliphatic carbocycles. The summed E-state index contributed by atoms with van der Waals surface area (Å²) in [5.74, 6) is -3.50. The number of carbonyl (C=O) groups is 5. The van der Waals surface area contributed by atoms with E-state index in [1.165, 1.54) is 0 Å². The van der Waals surface area contributed by atoms with Crippen LogP contribution in [0.1, 0.15) is 36.8 Å². The van der Waals surface area contributed by atoms with Crippen LogP contribution >= 0.6 is 0 Å². The molecule has 0 unspecified atom stereocenters. The second-order valence-electron chi connectivity index (χ2n) is 13.4. The number of guanidine groups is 2. The first-order chi connectivity index (χ1) is 26.5. The molecule has 14 N–H and O–H groups in total. The Balaban J connectivity index is 1.47. The molecule has 0 bridgehead atoms. The maximum Gasteiger partial charge on any atom is 0.243 e. The van der Waals surface area contributed by atoms with Gasteiger partial charge in [-0.3, -0.25) is 34.0 Å². The number of benzene rings is 3. The average Bonchev–Trinajstić information content (AvgIpc) is 3.57. The first-order valence-electron chi connectivity index (χ1n) is 18.1. The number of aromatic nitrogens is 1. The summed E-state index contributed by atoms with van der Waals surface area (Å²) in [4.78, 5) is 80.3. The standard InChI is InChI=1S/C38H48N12O5/c39-37(40)43-15-5-11-28-34(53)48-29(12-6-16-44-38(41)42)35(54)50-30(18-22-13-14-23-7-1-2-8-24(23)17-22)33(52)46-21-32(51)47-31(36(55)49-28)19-25-20-45-27-10-4-3-9-26(25)27/h1-4,7-10,13-14,17,20,28-31,45H,5-6,11-12,15-16,18-19,21H2,(H,46,52)(H,47,51)(H,48,53)(H,49,55)(H,50,54)(H4,39,40,43)(H4,41,42,44)/t28-,29-,30-,31+/m0/s1. The van der Waals surface area contributed by atoms with Crippen molar-refractivity contribution < 1.29 is 24.0 Å². The highest BCUT2D eigenvalue weighted by Gasteiger charge is 2.32. The number of aliphatic imine (C=N–C) groups is 2. The number of amides is 5. The Bertz CT molecular complexity index is 2070. The minimum Gasteiger partial charge on any atom is -0.370 e. The summed E-state index contributed by atoms with van der Waals surface area (Å²) in [7, 11) is 0. The molecule has 1 aromatic heterocycles. The molecule has 2 heterocycles. The number of fused-ring (bicyclic) bond motifs is 2. The first-order valence-corrected chi connectivity index (χ1v) is 18.1. The molecule has 1 aliphatic heterocycles. The van der Waals surface area contributed by atoms with Crippen LogP contribution in [0.3, 0.4) is 0 Å². The highest BCUT2D eigenvalue weighted by molar-refractivity contribution is 5.97. The lowest BCUT2D eigenvalue weighted by atomic mass is 10.0. The molecule has 3 aromatic carbocycles. The molecule has 290 valence electrons. The van der Waals surface area contributed by atoms with E-state index < -0.39 is 60.2 Å². The highest BCUT2D eigenvalue weighted by Crippen LogP contribution is 2.20. The number of hydrogen-bond acceptors (Lipinski definition) is 7. The van der Waals surface area contributed by atoms with Gasteiger partial charge in [0, 0.05) is 43.0 Å². The Morgan fingerprint density at radius 3 is 1.84 bits per heavy atom. The molecule has 1 aliphatic rings. The molecule has 0 saturated carbocycles. The Labute approximate surface area is 317 Å². The largest absolute Gasteiger partial charge is 0.370 e. The molecule has 4 aromatic rings. The molecule has 1 saturated heterocycles. The van der Waals surface area contributed by atoms with E-state index in [9.17, 15) is 24.0 Å². The van der Waals surface area contributed by atoms with Gasteiger partial charge in [0.1, 0.15) is 24.2 Å². The summed E-state index contributed by atoms with van der Waals surface area (Å²) in [5, 5.41) is 16.5. The quantitative estimate of drug-likeness (QED) is 0.0496. The summed E-state index contributed by atoms with van der Waals surface area (Å²) >= 11 is 0. The number of H-pyrrole nitrogens is 1. The van der Waals surface area contributed by atoms with Crippen LogP contribution in [0.4, 0.5) is 0 Å². The van der Waals surface area contributed by atoms with Crippen molar-refractivity contribution in [2.75, 3.05) is 19.6 Å². The van der Waals surface area contributed by atoms with Gasteiger partial charge in [0.2, 0.25) is 29.5 Å². The summed E-state index contributed by atoms with van der Waals surface area (Å²) in [6.45, 7) is -0.142. The fourth-order valence-electron chi connectivity index (χ4n) is 6.44. The first kappa shape index (κ1) is 39.6. The molecule has 5 amide bonds. The molecular formula is C38H48N12O5. The van der Waals surface area contributed by atoms with Gasteiger partial charge < -0.3 is 54.5 Å². The van der Waals surface area contributed by atoms with Crippen molar-refractivity contribution in [1.82, 2.24) is 31.6 Å². The van der Waals surface area contributed by atoms with E-state index in [1.807, 2.05) is 66.7 Å². The van der Waals surface area contributed by atoms with E-state index in [-0.39, 0.29) is 50.7 Å². The van der Waals surface area contributed by atoms with Crippen LogP contribution in [-0.2, 0) is 36.8 Å². The number of hydrogen-bond donors (Lipinski definition) is 10. The zero-order chi connectivity index (χ0) is 39.3. The van der Waals surface area contributed by atoms with Crippen LogP contribution in [-0.4, -0.2) is 90.2 Å². The third-order valence-electron chi connectivity index (χ3n) is 9.22. The van der Waals surface area contributed by atoms with Crippen molar-refractivity contribution in [2.24, 2.45) is 32.9 Å². The van der Waals surface area contributed by atoms with Crippen molar-refractivity contribution in [1.29, 1.82) is 0 Å². The van der Waals surface area contributed by atoms with Gasteiger partial charge in [0.25, 0.3) is 0 Å². The molecule has 5 rings (SSSR count). The Kier molecular flexibility index (Phi) is 13.6. The lowest BCUT2D eigenvalue weighted by molar-refractivity contribution is -0.134. The van der Waals surface area contributed by atoms with Gasteiger partial charge in [-0.25, -0.2) is 0 Å². The topological polar surface area (TPSA) is 290 Å². The summed E-state index contributed by atoms with van der Waals surface area (Å²) < 4.78 is 0. The van der Waals surface area contributed by atoms with Gasteiger partial charge in [-0.1, -0.05) is 60.7 Å².